The van der Waals surface area contributed by atoms with Crippen LogP contribution in [-0.4, -0.2) is 16.1 Å². The third-order valence-corrected chi connectivity index (χ3v) is 2.47. The third kappa shape index (κ3) is 3.69. The summed E-state index contributed by atoms with van der Waals surface area (Å²) in [5.74, 6) is -1.73. The highest BCUT2D eigenvalue weighted by molar-refractivity contribution is 6.29. The van der Waals surface area contributed by atoms with Crippen LogP contribution in [0.2, 0.25) is 5.15 Å². The van der Waals surface area contributed by atoms with Gasteiger partial charge in [-0.25, -0.2) is 8.78 Å². The van der Waals surface area contributed by atoms with Crippen molar-refractivity contribution in [1.82, 2.24) is 10.2 Å². The lowest BCUT2D eigenvalue weighted by Gasteiger charge is -2.05. The van der Waals surface area contributed by atoms with Crippen LogP contribution < -0.4 is 5.32 Å². The van der Waals surface area contributed by atoms with Gasteiger partial charge >= 0.3 is 0 Å². The van der Waals surface area contributed by atoms with Gasteiger partial charge < -0.3 is 5.32 Å². The van der Waals surface area contributed by atoms with Gasteiger partial charge in [0.15, 0.2) is 11.0 Å². The van der Waals surface area contributed by atoms with Gasteiger partial charge in [-0.05, 0) is 23.8 Å². The van der Waals surface area contributed by atoms with Gasteiger partial charge in [0, 0.05) is 6.07 Å². The van der Waals surface area contributed by atoms with Gasteiger partial charge in [-0.1, -0.05) is 17.7 Å². The number of carbonyl (C=O) groups excluding carboxylic acids is 1. The van der Waals surface area contributed by atoms with Crippen molar-refractivity contribution in [3.05, 3.63) is 52.7 Å². The Morgan fingerprint density at radius 1 is 1.21 bits per heavy atom. The third-order valence-electron chi connectivity index (χ3n) is 2.27. The van der Waals surface area contributed by atoms with Crippen molar-refractivity contribution >= 4 is 23.3 Å². The molecule has 1 aromatic carbocycles. The molecule has 0 fully saturated rings. The Labute approximate surface area is 112 Å². The average molecular weight is 284 g/mol. The monoisotopic (exact) mass is 283 g/mol. The SMILES string of the molecule is O=C(Cc1ccc(F)cc1F)Nc1ccc(Cl)nn1. The maximum atomic E-state index is 13.3. The molecule has 0 atom stereocenters. The zero-order valence-corrected chi connectivity index (χ0v) is 10.3. The number of carbonyl (C=O) groups is 1. The zero-order valence-electron chi connectivity index (χ0n) is 9.53. The number of anilines is 1. The molecule has 2 rings (SSSR count). The van der Waals surface area contributed by atoms with Gasteiger partial charge in [0.2, 0.25) is 5.91 Å². The van der Waals surface area contributed by atoms with Crippen LogP contribution in [0.4, 0.5) is 14.6 Å². The molecule has 98 valence electrons. The predicted octanol–water partition coefficient (Wildman–Crippen LogP) is 2.59. The molecule has 1 N–H and O–H groups in total. The number of halogens is 3. The van der Waals surface area contributed by atoms with Gasteiger partial charge in [0.05, 0.1) is 6.42 Å². The summed E-state index contributed by atoms with van der Waals surface area (Å²) >= 11 is 5.54. The van der Waals surface area contributed by atoms with E-state index < -0.39 is 17.5 Å². The van der Waals surface area contributed by atoms with Crippen LogP contribution in [0.5, 0.6) is 0 Å². The second kappa shape index (κ2) is 5.71. The second-order valence-corrected chi connectivity index (χ2v) is 4.09. The molecule has 7 heteroatoms. The smallest absolute Gasteiger partial charge is 0.230 e. The highest BCUT2D eigenvalue weighted by Crippen LogP contribution is 2.11. The van der Waals surface area contributed by atoms with Crippen molar-refractivity contribution in [3.8, 4) is 0 Å². The average Bonchev–Trinajstić information content (AvgIpc) is 2.36. The van der Waals surface area contributed by atoms with Crippen LogP contribution in [0, 0.1) is 11.6 Å². The summed E-state index contributed by atoms with van der Waals surface area (Å²) in [5, 5.41) is 9.80. The molecule has 0 saturated heterocycles. The summed E-state index contributed by atoms with van der Waals surface area (Å²) in [4.78, 5) is 11.6. The van der Waals surface area contributed by atoms with E-state index in [1.807, 2.05) is 0 Å². The van der Waals surface area contributed by atoms with Gasteiger partial charge in [-0.15, -0.1) is 10.2 Å². The second-order valence-electron chi connectivity index (χ2n) is 3.70. The van der Waals surface area contributed by atoms with E-state index in [0.717, 1.165) is 12.1 Å². The van der Waals surface area contributed by atoms with Gasteiger partial charge in [-0.3, -0.25) is 4.79 Å². The predicted molar refractivity (Wildman–Crippen MR) is 65.7 cm³/mol. The van der Waals surface area contributed by atoms with E-state index in [4.69, 9.17) is 11.6 Å². The molecule has 1 amide bonds. The van der Waals surface area contributed by atoms with Crippen LogP contribution in [-0.2, 0) is 11.2 Å². The number of amides is 1. The summed E-state index contributed by atoms with van der Waals surface area (Å²) in [7, 11) is 0. The lowest BCUT2D eigenvalue weighted by molar-refractivity contribution is -0.115. The van der Waals surface area contributed by atoms with E-state index >= 15 is 0 Å². The molecule has 19 heavy (non-hydrogen) atoms. The molecule has 0 unspecified atom stereocenters. The first-order valence-electron chi connectivity index (χ1n) is 5.27. The van der Waals surface area contributed by atoms with E-state index in [1.54, 1.807) is 0 Å². The summed E-state index contributed by atoms with van der Waals surface area (Å²) in [6.45, 7) is 0. The van der Waals surface area contributed by atoms with E-state index in [1.165, 1.54) is 18.2 Å². The maximum Gasteiger partial charge on any atom is 0.230 e. The minimum atomic E-state index is -0.766. The Hall–Kier alpha value is -2.08. The Kier molecular flexibility index (Phi) is 4.01. The van der Waals surface area contributed by atoms with Gasteiger partial charge in [-0.2, -0.15) is 0 Å². The van der Waals surface area contributed by atoms with Crippen LogP contribution in [0.15, 0.2) is 30.3 Å². The number of nitrogens with zero attached hydrogens (tertiary/aromatic N) is 2. The van der Waals surface area contributed by atoms with E-state index in [2.05, 4.69) is 15.5 Å². The highest BCUT2D eigenvalue weighted by atomic mass is 35.5. The molecule has 0 aliphatic heterocycles. The van der Waals surface area contributed by atoms with Crippen LogP contribution in [0.1, 0.15) is 5.56 Å². The molecule has 0 aliphatic carbocycles. The number of hydrogen-bond donors (Lipinski definition) is 1. The molecule has 2 aromatic rings. The first kappa shape index (κ1) is 13.4. The molecule has 1 heterocycles. The van der Waals surface area contributed by atoms with Gasteiger partial charge in [0.1, 0.15) is 11.6 Å². The quantitative estimate of drug-likeness (QED) is 0.942. The molecule has 0 aliphatic rings. The van der Waals surface area contributed by atoms with Crippen molar-refractivity contribution in [2.75, 3.05) is 5.32 Å². The fraction of sp³-hybridized carbons (Fsp3) is 0.0833. The summed E-state index contributed by atoms with van der Waals surface area (Å²) < 4.78 is 26.0. The van der Waals surface area contributed by atoms with Gasteiger partial charge in [0.25, 0.3) is 0 Å². The first-order valence-corrected chi connectivity index (χ1v) is 5.65. The molecule has 4 nitrogen and oxygen atoms in total. The lowest BCUT2D eigenvalue weighted by atomic mass is 10.1. The lowest BCUT2D eigenvalue weighted by Crippen LogP contribution is -2.16. The number of aromatic nitrogens is 2. The topological polar surface area (TPSA) is 54.9 Å². The number of nitrogens with one attached hydrogen (secondary N) is 1. The Bertz CT molecular complexity index is 604. The molecule has 1 aromatic heterocycles. The summed E-state index contributed by atoms with van der Waals surface area (Å²) in [5.41, 5.74) is 0.0980. The van der Waals surface area contributed by atoms with Crippen LogP contribution in [0.25, 0.3) is 0 Å². The van der Waals surface area contributed by atoms with Crippen LogP contribution in [0.3, 0.4) is 0 Å². The molecule has 0 radical (unpaired) electrons. The summed E-state index contributed by atoms with van der Waals surface area (Å²) in [6, 6.07) is 5.97. The molecule has 0 bridgehead atoms. The van der Waals surface area contributed by atoms with Crippen LogP contribution >= 0.6 is 11.6 Å². The molecular weight excluding hydrogens is 276 g/mol. The highest BCUT2D eigenvalue weighted by Gasteiger charge is 2.10. The number of hydrogen-bond acceptors (Lipinski definition) is 3. The minimum absolute atomic E-state index is 0.0980. The number of benzene rings is 1. The molecule has 0 spiro atoms. The minimum Gasteiger partial charge on any atom is -0.309 e. The van der Waals surface area contributed by atoms with E-state index in [-0.39, 0.29) is 23.0 Å². The van der Waals surface area contributed by atoms with Crippen molar-refractivity contribution in [3.63, 3.8) is 0 Å². The molecule has 0 saturated carbocycles. The van der Waals surface area contributed by atoms with Crippen molar-refractivity contribution in [2.24, 2.45) is 0 Å². The fourth-order valence-electron chi connectivity index (χ4n) is 1.41. The Balaban J connectivity index is 2.03. The fourth-order valence-corrected chi connectivity index (χ4v) is 1.51. The van der Waals surface area contributed by atoms with E-state index in [0.29, 0.717) is 0 Å². The molecular formula is C12H8ClF2N3O. The first-order chi connectivity index (χ1) is 9.04. The largest absolute Gasteiger partial charge is 0.309 e. The van der Waals surface area contributed by atoms with Crippen molar-refractivity contribution in [2.45, 2.75) is 6.42 Å². The zero-order chi connectivity index (χ0) is 13.8. The normalized spacial score (nSPS) is 10.3. The van der Waals surface area contributed by atoms with Crippen molar-refractivity contribution < 1.29 is 13.6 Å². The summed E-state index contributed by atoms with van der Waals surface area (Å²) in [6.07, 6.45) is -0.226. The Morgan fingerprint density at radius 2 is 2.00 bits per heavy atom. The maximum absolute atomic E-state index is 13.3. The number of rotatable bonds is 3. The standard InChI is InChI=1S/C12H8ClF2N3O/c13-10-3-4-11(18-17-10)16-12(19)5-7-1-2-8(14)6-9(7)15/h1-4,6H,5H2,(H,16,18,19). The van der Waals surface area contributed by atoms with E-state index in [9.17, 15) is 13.6 Å². The Morgan fingerprint density at radius 3 is 2.63 bits per heavy atom. The van der Waals surface area contributed by atoms with Crippen molar-refractivity contribution in [1.29, 1.82) is 0 Å².